The van der Waals surface area contributed by atoms with Crippen LogP contribution in [0, 0.1) is 18.6 Å². The fourth-order valence-corrected chi connectivity index (χ4v) is 4.37. The Labute approximate surface area is 214 Å². The van der Waals surface area contributed by atoms with Crippen molar-refractivity contribution in [1.82, 2.24) is 15.6 Å². The van der Waals surface area contributed by atoms with Crippen molar-refractivity contribution in [3.63, 3.8) is 0 Å². The lowest BCUT2D eigenvalue weighted by Crippen LogP contribution is -2.49. The van der Waals surface area contributed by atoms with E-state index in [0.717, 1.165) is 23.6 Å². The number of hydrogen-bond donors (Lipinski definition) is 3. The normalized spacial score (nSPS) is 13.0. The van der Waals surface area contributed by atoms with Crippen LogP contribution in [0.2, 0.25) is 0 Å². The molecule has 8 heteroatoms. The van der Waals surface area contributed by atoms with Crippen LogP contribution in [0.5, 0.6) is 0 Å². The largest absolute Gasteiger partial charge is 0.441 e. The van der Waals surface area contributed by atoms with Gasteiger partial charge >= 0.3 is 0 Å². The van der Waals surface area contributed by atoms with Crippen LogP contribution in [-0.2, 0) is 30.6 Å². The van der Waals surface area contributed by atoms with Gasteiger partial charge in [0.1, 0.15) is 17.2 Å². The van der Waals surface area contributed by atoms with E-state index in [1.807, 2.05) is 12.1 Å². The maximum Gasteiger partial charge on any atom is 0.224 e. The van der Waals surface area contributed by atoms with Gasteiger partial charge < -0.3 is 20.2 Å². The summed E-state index contributed by atoms with van der Waals surface area (Å²) in [5.41, 5.74) is 4.67. The number of fused-ring (bicyclic) bond motifs is 1. The highest BCUT2D eigenvalue weighted by Gasteiger charge is 2.23. The van der Waals surface area contributed by atoms with Crippen LogP contribution in [0.3, 0.4) is 0 Å². The fraction of sp³-hybridized carbons (Fsp3) is 0.310. The van der Waals surface area contributed by atoms with Gasteiger partial charge in [-0.3, -0.25) is 4.79 Å². The number of aliphatic hydroxyl groups is 1. The zero-order chi connectivity index (χ0) is 26.4. The summed E-state index contributed by atoms with van der Waals surface area (Å²) in [6.07, 6.45) is 0.0544. The molecule has 0 radical (unpaired) electrons. The number of carbonyl (C=O) groups is 1. The minimum atomic E-state index is -0.995. The Morgan fingerprint density at radius 3 is 2.51 bits per heavy atom. The molecule has 1 amide bonds. The maximum absolute atomic E-state index is 13.8. The Bertz CT molecular complexity index is 1350. The number of aromatic nitrogens is 1. The van der Waals surface area contributed by atoms with E-state index in [-0.39, 0.29) is 25.3 Å². The molecule has 4 rings (SSSR count). The average molecular weight is 508 g/mol. The van der Waals surface area contributed by atoms with Crippen LogP contribution in [0.15, 0.2) is 65.1 Å². The van der Waals surface area contributed by atoms with Crippen LogP contribution in [0.4, 0.5) is 8.78 Å². The summed E-state index contributed by atoms with van der Waals surface area (Å²) < 4.78 is 33.1. The van der Waals surface area contributed by atoms with Gasteiger partial charge in [0.2, 0.25) is 5.91 Å². The molecule has 0 saturated carbocycles. The Hall–Kier alpha value is -3.62. The van der Waals surface area contributed by atoms with Crippen molar-refractivity contribution in [2.24, 2.45) is 0 Å². The first-order chi connectivity index (χ1) is 17.8. The minimum absolute atomic E-state index is 0.0554. The summed E-state index contributed by atoms with van der Waals surface area (Å²) in [4.78, 5) is 17.2. The van der Waals surface area contributed by atoms with Crippen molar-refractivity contribution in [2.45, 2.75) is 51.8 Å². The molecule has 2 unspecified atom stereocenters. The second-order valence-corrected chi connectivity index (χ2v) is 9.24. The van der Waals surface area contributed by atoms with Gasteiger partial charge in [-0.25, -0.2) is 13.8 Å². The number of aryl methyl sites for hydroxylation is 2. The molecule has 37 heavy (non-hydrogen) atoms. The van der Waals surface area contributed by atoms with Crippen LogP contribution >= 0.6 is 0 Å². The summed E-state index contributed by atoms with van der Waals surface area (Å²) >= 11 is 0. The van der Waals surface area contributed by atoms with Gasteiger partial charge in [-0.1, -0.05) is 37.3 Å². The summed E-state index contributed by atoms with van der Waals surface area (Å²) in [5.74, 6) is -1.20. The molecule has 6 nitrogen and oxygen atoms in total. The first-order valence-corrected chi connectivity index (χ1v) is 12.4. The number of nitrogens with one attached hydrogen (secondary N) is 2. The molecule has 0 aliphatic carbocycles. The number of halogens is 2. The highest BCUT2D eigenvalue weighted by Crippen LogP contribution is 2.18. The summed E-state index contributed by atoms with van der Waals surface area (Å²) in [6, 6.07) is 15.9. The van der Waals surface area contributed by atoms with Gasteiger partial charge in [0.25, 0.3) is 0 Å². The lowest BCUT2D eigenvalue weighted by atomic mass is 10.00. The minimum Gasteiger partial charge on any atom is -0.441 e. The molecule has 4 aromatic rings. The van der Waals surface area contributed by atoms with E-state index in [4.69, 9.17) is 4.42 Å². The third kappa shape index (κ3) is 7.44. The van der Waals surface area contributed by atoms with Crippen LogP contribution in [0.1, 0.15) is 35.1 Å². The zero-order valence-corrected chi connectivity index (χ0v) is 20.9. The van der Waals surface area contributed by atoms with Gasteiger partial charge in [0.05, 0.1) is 18.6 Å². The van der Waals surface area contributed by atoms with Crippen LogP contribution < -0.4 is 10.6 Å². The van der Waals surface area contributed by atoms with Gasteiger partial charge in [-0.05, 0) is 59.4 Å². The average Bonchev–Trinajstić information content (AvgIpc) is 3.22. The molecule has 1 aromatic heterocycles. The van der Waals surface area contributed by atoms with Crippen molar-refractivity contribution >= 4 is 17.0 Å². The van der Waals surface area contributed by atoms with Crippen molar-refractivity contribution in [3.8, 4) is 0 Å². The lowest BCUT2D eigenvalue weighted by molar-refractivity contribution is -0.122. The topological polar surface area (TPSA) is 87.4 Å². The quantitative estimate of drug-likeness (QED) is 0.280. The molecular weight excluding hydrogens is 476 g/mol. The van der Waals surface area contributed by atoms with Crippen molar-refractivity contribution in [1.29, 1.82) is 0 Å². The highest BCUT2D eigenvalue weighted by atomic mass is 19.1. The summed E-state index contributed by atoms with van der Waals surface area (Å²) in [6.45, 7) is 4.56. The highest BCUT2D eigenvalue weighted by molar-refractivity contribution is 5.81. The molecule has 0 aliphatic heterocycles. The van der Waals surface area contributed by atoms with E-state index in [1.165, 1.54) is 17.7 Å². The first kappa shape index (κ1) is 26.4. The summed E-state index contributed by atoms with van der Waals surface area (Å²) in [7, 11) is 0. The second-order valence-electron chi connectivity index (χ2n) is 9.24. The Morgan fingerprint density at radius 2 is 1.76 bits per heavy atom. The number of amides is 1. The smallest absolute Gasteiger partial charge is 0.224 e. The molecule has 1 heterocycles. The number of benzene rings is 3. The van der Waals surface area contributed by atoms with Crippen LogP contribution in [-0.4, -0.2) is 34.7 Å². The van der Waals surface area contributed by atoms with Crippen molar-refractivity contribution in [2.75, 3.05) is 6.54 Å². The zero-order valence-electron chi connectivity index (χ0n) is 20.9. The number of carbonyl (C=O) groups excluding carboxylic acids is 1. The molecule has 0 bridgehead atoms. The third-order valence-electron chi connectivity index (χ3n) is 6.19. The summed E-state index contributed by atoms with van der Waals surface area (Å²) in [5, 5.41) is 17.0. The predicted molar refractivity (Wildman–Crippen MR) is 138 cm³/mol. The molecule has 0 fully saturated rings. The number of oxazole rings is 1. The number of rotatable bonds is 11. The van der Waals surface area contributed by atoms with E-state index in [2.05, 4.69) is 34.7 Å². The van der Waals surface area contributed by atoms with E-state index >= 15 is 0 Å². The number of hydrogen-bond acceptors (Lipinski definition) is 5. The standard InChI is InChI=1S/C29H31F2N3O3/c1-3-19-5-4-6-21(9-19)16-32-17-27(35)25(13-22-10-23(30)15-24(31)11-22)34-29(36)14-20-7-8-28-26(12-20)33-18(2)37-28/h4-12,15,25,27,32,35H,3,13-14,16-17H2,1-2H3,(H,34,36). The molecular formula is C29H31F2N3O3. The lowest BCUT2D eigenvalue weighted by Gasteiger charge is -2.25. The number of nitrogens with zero attached hydrogens (tertiary/aromatic N) is 1. The van der Waals surface area contributed by atoms with E-state index in [1.54, 1.807) is 25.1 Å². The van der Waals surface area contributed by atoms with Gasteiger partial charge in [0.15, 0.2) is 11.5 Å². The van der Waals surface area contributed by atoms with Gasteiger partial charge in [0, 0.05) is 26.1 Å². The van der Waals surface area contributed by atoms with E-state index in [0.29, 0.717) is 29.1 Å². The SMILES string of the molecule is CCc1cccc(CNCC(O)C(Cc2cc(F)cc(F)c2)NC(=O)Cc2ccc3oc(C)nc3c2)c1. The monoisotopic (exact) mass is 507 g/mol. The molecule has 0 spiro atoms. The fourth-order valence-electron chi connectivity index (χ4n) is 4.37. The Kier molecular flexibility index (Phi) is 8.63. The molecule has 0 aliphatic rings. The molecule has 2 atom stereocenters. The molecule has 194 valence electrons. The van der Waals surface area contributed by atoms with Crippen molar-refractivity contribution in [3.05, 3.63) is 100 Å². The number of aliphatic hydroxyl groups excluding tert-OH is 1. The first-order valence-electron chi connectivity index (χ1n) is 12.4. The third-order valence-corrected chi connectivity index (χ3v) is 6.19. The van der Waals surface area contributed by atoms with E-state index < -0.39 is 23.8 Å². The van der Waals surface area contributed by atoms with Gasteiger partial charge in [-0.15, -0.1) is 0 Å². The van der Waals surface area contributed by atoms with Gasteiger partial charge in [-0.2, -0.15) is 0 Å². The molecule has 3 N–H and O–H groups in total. The maximum atomic E-state index is 13.8. The Morgan fingerprint density at radius 1 is 1.00 bits per heavy atom. The Balaban J connectivity index is 1.43. The molecule has 3 aromatic carbocycles. The predicted octanol–water partition coefficient (Wildman–Crippen LogP) is 4.40. The van der Waals surface area contributed by atoms with Crippen LogP contribution in [0.25, 0.3) is 11.1 Å². The molecule has 0 saturated heterocycles. The van der Waals surface area contributed by atoms with E-state index in [9.17, 15) is 18.7 Å². The second kappa shape index (κ2) is 12.1. The van der Waals surface area contributed by atoms with Crippen molar-refractivity contribution < 1.29 is 23.1 Å².